The van der Waals surface area contributed by atoms with Gasteiger partial charge in [0.15, 0.2) is 0 Å². The monoisotopic (exact) mass is 324 g/mol. The van der Waals surface area contributed by atoms with Crippen LogP contribution in [0, 0.1) is 0 Å². The first-order valence-corrected chi connectivity index (χ1v) is 7.35. The van der Waals surface area contributed by atoms with Crippen molar-refractivity contribution in [1.29, 1.82) is 0 Å². The zero-order valence-electron chi connectivity index (χ0n) is 9.43. The molecule has 2 aromatic carbocycles. The Hall–Kier alpha value is -1.17. The van der Waals surface area contributed by atoms with Crippen LogP contribution in [0.25, 0.3) is 0 Å². The molecule has 18 heavy (non-hydrogen) atoms. The van der Waals surface area contributed by atoms with E-state index in [1.54, 1.807) is 12.1 Å². The molecule has 94 valence electrons. The Labute approximate surface area is 117 Å². The summed E-state index contributed by atoms with van der Waals surface area (Å²) in [6, 6.07) is 15.2. The number of halogens is 1. The second-order valence-corrected chi connectivity index (χ2v) is 5.50. The summed E-state index contributed by atoms with van der Waals surface area (Å²) >= 11 is 1.37. The van der Waals surface area contributed by atoms with Gasteiger partial charge in [-0.05, 0) is 45.8 Å². The minimum Gasteiger partial charge on any atom is -0.772 e. The lowest BCUT2D eigenvalue weighted by molar-refractivity contribution is 0.536. The van der Waals surface area contributed by atoms with Gasteiger partial charge in [0.05, 0.1) is 5.69 Å². The molecule has 2 aromatic rings. The molecule has 0 aliphatic rings. The normalized spacial score (nSPS) is 12.1. The maximum absolute atomic E-state index is 10.6. The van der Waals surface area contributed by atoms with Gasteiger partial charge in [0.2, 0.25) is 0 Å². The third-order valence-electron chi connectivity index (χ3n) is 2.37. The number of nitrogens with one attached hydrogen (secondary N) is 1. The van der Waals surface area contributed by atoms with Crippen molar-refractivity contribution in [2.75, 3.05) is 5.32 Å². The van der Waals surface area contributed by atoms with Gasteiger partial charge in [0, 0.05) is 15.9 Å². The molecule has 0 spiro atoms. The molecule has 0 heterocycles. The Morgan fingerprint density at radius 3 is 2.50 bits per heavy atom. The number of hydrogen-bond donors (Lipinski definition) is 1. The molecule has 0 bridgehead atoms. The maximum Gasteiger partial charge on any atom is 0.0528 e. The van der Waals surface area contributed by atoms with E-state index >= 15 is 0 Å². The van der Waals surface area contributed by atoms with Crippen LogP contribution in [-0.2, 0) is 16.8 Å². The third-order valence-corrected chi connectivity index (χ3v) is 3.60. The van der Waals surface area contributed by atoms with E-state index in [1.165, 1.54) is 0 Å². The summed E-state index contributed by atoms with van der Waals surface area (Å²) in [6.45, 7) is 0. The van der Waals surface area contributed by atoms with Crippen molar-refractivity contribution >= 4 is 38.4 Å². The van der Waals surface area contributed by atoms with Crippen LogP contribution in [0.5, 0.6) is 0 Å². The Morgan fingerprint density at radius 2 is 1.89 bits per heavy atom. The minimum absolute atomic E-state index is 0.0320. The highest BCUT2D eigenvalue weighted by molar-refractivity contribution is 9.10. The van der Waals surface area contributed by atoms with Gasteiger partial charge in [-0.3, -0.25) is 4.21 Å². The smallest absolute Gasteiger partial charge is 0.0528 e. The Kier molecular flexibility index (Phi) is 4.52. The number of rotatable bonds is 4. The van der Waals surface area contributed by atoms with Gasteiger partial charge < -0.3 is 9.87 Å². The van der Waals surface area contributed by atoms with E-state index in [4.69, 9.17) is 0 Å². The molecule has 0 aromatic heterocycles. The molecule has 0 fully saturated rings. The number of hydrogen-bond acceptors (Lipinski definition) is 3. The average Bonchev–Trinajstić information content (AvgIpc) is 2.33. The molecule has 0 saturated heterocycles. The Morgan fingerprint density at radius 1 is 1.17 bits per heavy atom. The SMILES string of the molecule is O=S([O-])Cc1ccc(Nc2ccccc2)c(Br)c1. The summed E-state index contributed by atoms with van der Waals surface area (Å²) in [5.41, 5.74) is 2.65. The number of anilines is 2. The second-order valence-electron chi connectivity index (χ2n) is 3.75. The quantitative estimate of drug-likeness (QED) is 0.874. The van der Waals surface area contributed by atoms with Crippen molar-refractivity contribution in [1.82, 2.24) is 0 Å². The van der Waals surface area contributed by atoms with Gasteiger partial charge >= 0.3 is 0 Å². The first-order chi connectivity index (χ1) is 8.65. The van der Waals surface area contributed by atoms with E-state index in [0.29, 0.717) is 0 Å². The van der Waals surface area contributed by atoms with E-state index in [0.717, 1.165) is 21.4 Å². The van der Waals surface area contributed by atoms with E-state index in [1.807, 2.05) is 36.4 Å². The maximum atomic E-state index is 10.6. The first kappa shape index (κ1) is 13.3. The van der Waals surface area contributed by atoms with Crippen LogP contribution < -0.4 is 5.32 Å². The summed E-state index contributed by atoms with van der Waals surface area (Å²) in [5.74, 6) is 0.0320. The molecule has 2 rings (SSSR count). The average molecular weight is 325 g/mol. The molecule has 3 nitrogen and oxygen atoms in total. The van der Waals surface area contributed by atoms with Crippen LogP contribution in [-0.4, -0.2) is 8.76 Å². The third kappa shape index (κ3) is 3.66. The van der Waals surface area contributed by atoms with E-state index in [-0.39, 0.29) is 5.75 Å². The number of benzene rings is 2. The second kappa shape index (κ2) is 6.13. The van der Waals surface area contributed by atoms with Crippen LogP contribution in [0.1, 0.15) is 5.56 Å². The Balaban J connectivity index is 2.17. The lowest BCUT2D eigenvalue weighted by Gasteiger charge is -2.11. The van der Waals surface area contributed by atoms with E-state index in [9.17, 15) is 8.76 Å². The lowest BCUT2D eigenvalue weighted by atomic mass is 10.2. The topological polar surface area (TPSA) is 52.2 Å². The summed E-state index contributed by atoms with van der Waals surface area (Å²) in [6.07, 6.45) is 0. The van der Waals surface area contributed by atoms with Crippen molar-refractivity contribution in [3.8, 4) is 0 Å². The van der Waals surface area contributed by atoms with Crippen LogP contribution in [0.2, 0.25) is 0 Å². The molecule has 0 saturated carbocycles. The highest BCUT2D eigenvalue weighted by atomic mass is 79.9. The molecular formula is C13H11BrNO2S-. The zero-order valence-corrected chi connectivity index (χ0v) is 11.8. The van der Waals surface area contributed by atoms with Crippen molar-refractivity contribution in [2.24, 2.45) is 0 Å². The Bertz CT molecular complexity index is 560. The van der Waals surface area contributed by atoms with Gasteiger partial charge in [0.25, 0.3) is 0 Å². The molecule has 1 N–H and O–H groups in total. The van der Waals surface area contributed by atoms with Crippen LogP contribution in [0.3, 0.4) is 0 Å². The summed E-state index contributed by atoms with van der Waals surface area (Å²) < 4.78 is 22.1. The fourth-order valence-electron chi connectivity index (χ4n) is 1.56. The molecule has 0 radical (unpaired) electrons. The van der Waals surface area contributed by atoms with Crippen molar-refractivity contribution in [2.45, 2.75) is 5.75 Å². The minimum atomic E-state index is -2.06. The van der Waals surface area contributed by atoms with Gasteiger partial charge in [-0.15, -0.1) is 0 Å². The summed E-state index contributed by atoms with van der Waals surface area (Å²) in [4.78, 5) is 0. The van der Waals surface area contributed by atoms with Gasteiger partial charge in [-0.2, -0.15) is 0 Å². The fourth-order valence-corrected chi connectivity index (χ4v) is 2.54. The van der Waals surface area contributed by atoms with Crippen LogP contribution >= 0.6 is 15.9 Å². The highest BCUT2D eigenvalue weighted by Gasteiger charge is 2.02. The van der Waals surface area contributed by atoms with Crippen molar-refractivity contribution in [3.63, 3.8) is 0 Å². The number of para-hydroxylation sites is 1. The molecule has 0 amide bonds. The first-order valence-electron chi connectivity index (χ1n) is 5.31. The lowest BCUT2D eigenvalue weighted by Crippen LogP contribution is -1.95. The predicted molar refractivity (Wildman–Crippen MR) is 76.5 cm³/mol. The zero-order chi connectivity index (χ0) is 13.0. The standard InChI is InChI=1S/C13H12BrNO2S/c14-12-8-10(9-18(16)17)6-7-13(12)15-11-4-2-1-3-5-11/h1-8,15H,9H2,(H,16,17)/p-1. The van der Waals surface area contributed by atoms with Crippen molar-refractivity contribution < 1.29 is 8.76 Å². The van der Waals surface area contributed by atoms with Gasteiger partial charge in [-0.25, -0.2) is 0 Å². The molecule has 1 atom stereocenters. The molecule has 0 aliphatic heterocycles. The highest BCUT2D eigenvalue weighted by Crippen LogP contribution is 2.27. The largest absolute Gasteiger partial charge is 0.772 e. The molecular weight excluding hydrogens is 314 g/mol. The molecule has 1 unspecified atom stereocenters. The molecule has 5 heteroatoms. The van der Waals surface area contributed by atoms with E-state index in [2.05, 4.69) is 21.2 Å². The molecule has 0 aliphatic carbocycles. The fraction of sp³-hybridized carbons (Fsp3) is 0.0769. The summed E-state index contributed by atoms with van der Waals surface area (Å²) in [5, 5.41) is 3.25. The van der Waals surface area contributed by atoms with Gasteiger partial charge in [0.1, 0.15) is 0 Å². The van der Waals surface area contributed by atoms with E-state index < -0.39 is 11.1 Å². The van der Waals surface area contributed by atoms with Crippen LogP contribution in [0.15, 0.2) is 53.0 Å². The van der Waals surface area contributed by atoms with Gasteiger partial charge in [-0.1, -0.05) is 35.3 Å². The van der Waals surface area contributed by atoms with Crippen molar-refractivity contribution in [3.05, 3.63) is 58.6 Å². The predicted octanol–water partition coefficient (Wildman–Crippen LogP) is 3.57. The van der Waals surface area contributed by atoms with Crippen LogP contribution in [0.4, 0.5) is 11.4 Å². The summed E-state index contributed by atoms with van der Waals surface area (Å²) in [7, 11) is 0.